The highest BCUT2D eigenvalue weighted by atomic mass is 35.5. The molecule has 0 saturated carbocycles. The van der Waals surface area contributed by atoms with Crippen LogP contribution in [0.3, 0.4) is 0 Å². The summed E-state index contributed by atoms with van der Waals surface area (Å²) in [6, 6.07) is 14.0. The Kier molecular flexibility index (Phi) is 6.62. The van der Waals surface area contributed by atoms with Gasteiger partial charge in [0.05, 0.1) is 5.75 Å². The summed E-state index contributed by atoms with van der Waals surface area (Å²) < 4.78 is 15.4. The quantitative estimate of drug-likeness (QED) is 0.466. The van der Waals surface area contributed by atoms with Crippen molar-refractivity contribution in [1.29, 1.82) is 0 Å². The lowest BCUT2D eigenvalue weighted by atomic mass is 9.98. The second kappa shape index (κ2) is 9.40. The molecule has 0 unspecified atom stereocenters. The monoisotopic (exact) mass is 458 g/mol. The van der Waals surface area contributed by atoms with E-state index in [0.29, 0.717) is 16.0 Å². The van der Waals surface area contributed by atoms with E-state index in [2.05, 4.69) is 24.0 Å². The van der Waals surface area contributed by atoms with E-state index in [4.69, 9.17) is 11.6 Å². The summed E-state index contributed by atoms with van der Waals surface area (Å²) in [5.74, 6) is 0.667. The molecule has 8 heteroatoms. The number of halogens is 2. The highest BCUT2D eigenvalue weighted by Gasteiger charge is 2.29. The van der Waals surface area contributed by atoms with Crippen molar-refractivity contribution in [3.63, 3.8) is 0 Å². The van der Waals surface area contributed by atoms with Gasteiger partial charge < -0.3 is 4.90 Å². The average molecular weight is 459 g/mol. The highest BCUT2D eigenvalue weighted by Crippen LogP contribution is 2.30. The van der Waals surface area contributed by atoms with Crippen LogP contribution in [0.15, 0.2) is 53.7 Å². The number of carbonyl (C=O) groups is 1. The van der Waals surface area contributed by atoms with Gasteiger partial charge in [0.1, 0.15) is 5.82 Å². The maximum Gasteiger partial charge on any atom is 0.233 e. The van der Waals surface area contributed by atoms with Gasteiger partial charge in [0.15, 0.2) is 11.0 Å². The van der Waals surface area contributed by atoms with Gasteiger partial charge in [-0.1, -0.05) is 23.4 Å². The second-order valence-corrected chi connectivity index (χ2v) is 9.22. The second-order valence-electron chi connectivity index (χ2n) is 7.84. The Balaban J connectivity index is 1.63. The van der Waals surface area contributed by atoms with Crippen molar-refractivity contribution in [1.82, 2.24) is 19.7 Å². The van der Waals surface area contributed by atoms with Crippen LogP contribution in [-0.2, 0) is 4.79 Å². The topological polar surface area (TPSA) is 51.0 Å². The Morgan fingerprint density at radius 1 is 1.06 bits per heavy atom. The van der Waals surface area contributed by atoms with Crippen molar-refractivity contribution in [2.75, 3.05) is 5.75 Å². The third kappa shape index (κ3) is 4.77. The maximum absolute atomic E-state index is 13.5. The van der Waals surface area contributed by atoms with Crippen LogP contribution in [0, 0.1) is 5.82 Å². The number of carbonyl (C=O) groups excluding carboxylic acids is 1. The predicted molar refractivity (Wildman–Crippen MR) is 122 cm³/mol. The van der Waals surface area contributed by atoms with Crippen LogP contribution in [0.5, 0.6) is 0 Å². The van der Waals surface area contributed by atoms with Crippen LogP contribution in [0.1, 0.15) is 33.1 Å². The molecule has 0 radical (unpaired) electrons. The molecule has 1 aliphatic heterocycles. The van der Waals surface area contributed by atoms with Crippen LogP contribution in [0.4, 0.5) is 4.39 Å². The lowest BCUT2D eigenvalue weighted by Crippen LogP contribution is -2.48. The van der Waals surface area contributed by atoms with E-state index in [1.165, 1.54) is 23.9 Å². The van der Waals surface area contributed by atoms with Crippen LogP contribution >= 0.6 is 23.4 Å². The lowest BCUT2D eigenvalue weighted by molar-refractivity contribution is -0.134. The van der Waals surface area contributed by atoms with Crippen LogP contribution in [0.25, 0.3) is 17.1 Å². The highest BCUT2D eigenvalue weighted by molar-refractivity contribution is 7.99. The summed E-state index contributed by atoms with van der Waals surface area (Å²) in [6.45, 7) is 4.22. The van der Waals surface area contributed by atoms with Crippen molar-refractivity contribution in [3.8, 4) is 17.1 Å². The molecule has 1 saturated heterocycles. The summed E-state index contributed by atoms with van der Waals surface area (Å²) >= 11 is 7.38. The summed E-state index contributed by atoms with van der Waals surface area (Å²) in [6.07, 6.45) is 3.23. The zero-order chi connectivity index (χ0) is 22.0. The Bertz CT molecular complexity index is 1040. The molecule has 2 aromatic carbocycles. The van der Waals surface area contributed by atoms with Crippen molar-refractivity contribution < 1.29 is 9.18 Å². The van der Waals surface area contributed by atoms with Crippen molar-refractivity contribution in [2.45, 2.75) is 50.4 Å². The number of hydrogen-bond acceptors (Lipinski definition) is 4. The third-order valence-corrected chi connectivity index (χ3v) is 6.79. The first-order valence-corrected chi connectivity index (χ1v) is 11.7. The number of hydrogen-bond donors (Lipinski definition) is 0. The molecule has 1 aromatic heterocycles. The Labute approximate surface area is 190 Å². The Hall–Kier alpha value is -2.38. The minimum atomic E-state index is -0.317. The van der Waals surface area contributed by atoms with Crippen molar-refractivity contribution in [3.05, 3.63) is 59.4 Å². The molecule has 162 valence electrons. The van der Waals surface area contributed by atoms with Gasteiger partial charge in [-0.15, -0.1) is 10.2 Å². The number of amides is 1. The molecule has 0 N–H and O–H groups in total. The number of likely N-dealkylation sites (tertiary alicyclic amines) is 1. The molecule has 0 aliphatic carbocycles. The van der Waals surface area contributed by atoms with Crippen molar-refractivity contribution >= 4 is 29.3 Å². The molecule has 31 heavy (non-hydrogen) atoms. The molecule has 4 rings (SSSR count). The molecule has 1 fully saturated rings. The molecular formula is C23H24ClFN4OS. The number of aromatic nitrogens is 3. The molecule has 1 amide bonds. The molecule has 5 nitrogen and oxygen atoms in total. The largest absolute Gasteiger partial charge is 0.337 e. The maximum atomic E-state index is 13.5. The standard InChI is InChI=1S/C23H24ClFN4OS/c1-15-4-3-5-16(2)28(15)21(30)14-31-23-27-26-22(17-6-8-18(24)9-7-17)29(23)20-12-10-19(25)11-13-20/h6-13,15-16H,3-5,14H2,1-2H3/t15-,16-/m0/s1. The van der Waals surface area contributed by atoms with Gasteiger partial charge >= 0.3 is 0 Å². The molecule has 2 atom stereocenters. The molecule has 2 heterocycles. The zero-order valence-corrected chi connectivity index (χ0v) is 19.0. The van der Waals surface area contributed by atoms with E-state index in [0.717, 1.165) is 30.5 Å². The van der Waals surface area contributed by atoms with Gasteiger partial charge in [-0.25, -0.2) is 4.39 Å². The number of thioether (sulfide) groups is 1. The SMILES string of the molecule is C[C@H]1CCC[C@H](C)N1C(=O)CSc1nnc(-c2ccc(Cl)cc2)n1-c1ccc(F)cc1. The van der Waals surface area contributed by atoms with E-state index < -0.39 is 0 Å². The van der Waals surface area contributed by atoms with Gasteiger partial charge in [0.2, 0.25) is 5.91 Å². The van der Waals surface area contributed by atoms with Crippen LogP contribution < -0.4 is 0 Å². The summed E-state index contributed by atoms with van der Waals surface area (Å²) in [4.78, 5) is 15.0. The first-order valence-electron chi connectivity index (χ1n) is 10.4. The predicted octanol–water partition coefficient (Wildman–Crippen LogP) is 5.61. The first kappa shape index (κ1) is 21.8. The number of piperidine rings is 1. The summed E-state index contributed by atoms with van der Waals surface area (Å²) in [5.41, 5.74) is 1.56. The van der Waals surface area contributed by atoms with E-state index in [1.807, 2.05) is 21.6 Å². The summed E-state index contributed by atoms with van der Waals surface area (Å²) in [7, 11) is 0. The number of benzene rings is 2. The number of nitrogens with zero attached hydrogens (tertiary/aromatic N) is 4. The lowest BCUT2D eigenvalue weighted by Gasteiger charge is -2.39. The Morgan fingerprint density at radius 2 is 1.71 bits per heavy atom. The van der Waals surface area contributed by atoms with Crippen LogP contribution in [0.2, 0.25) is 5.02 Å². The number of rotatable bonds is 5. The van der Waals surface area contributed by atoms with Crippen LogP contribution in [-0.4, -0.2) is 43.4 Å². The molecule has 3 aromatic rings. The normalized spacial score (nSPS) is 18.9. The van der Waals surface area contributed by atoms with Gasteiger partial charge in [-0.3, -0.25) is 9.36 Å². The first-order chi connectivity index (χ1) is 14.9. The van der Waals surface area contributed by atoms with E-state index in [1.54, 1.807) is 24.3 Å². The van der Waals surface area contributed by atoms with Gasteiger partial charge in [0.25, 0.3) is 0 Å². The minimum absolute atomic E-state index is 0.103. The Morgan fingerprint density at radius 3 is 2.35 bits per heavy atom. The van der Waals surface area contributed by atoms with E-state index >= 15 is 0 Å². The summed E-state index contributed by atoms with van der Waals surface area (Å²) in [5, 5.41) is 9.92. The molecule has 0 bridgehead atoms. The molecular weight excluding hydrogens is 435 g/mol. The van der Waals surface area contributed by atoms with E-state index in [9.17, 15) is 9.18 Å². The average Bonchev–Trinajstić information content (AvgIpc) is 3.17. The van der Waals surface area contributed by atoms with Crippen molar-refractivity contribution in [2.24, 2.45) is 0 Å². The third-order valence-electron chi connectivity index (χ3n) is 5.63. The van der Waals surface area contributed by atoms with Gasteiger partial charge in [0, 0.05) is 28.4 Å². The fraction of sp³-hybridized carbons (Fsp3) is 0.348. The molecule has 1 aliphatic rings. The van der Waals surface area contributed by atoms with Gasteiger partial charge in [-0.05, 0) is 81.6 Å². The minimum Gasteiger partial charge on any atom is -0.337 e. The zero-order valence-electron chi connectivity index (χ0n) is 17.5. The smallest absolute Gasteiger partial charge is 0.233 e. The fourth-order valence-corrected chi connectivity index (χ4v) is 5.03. The van der Waals surface area contributed by atoms with Gasteiger partial charge in [-0.2, -0.15) is 0 Å². The fourth-order valence-electron chi connectivity index (χ4n) is 4.09. The van der Waals surface area contributed by atoms with E-state index in [-0.39, 0.29) is 29.6 Å². The molecule has 0 spiro atoms.